The summed E-state index contributed by atoms with van der Waals surface area (Å²) < 4.78 is 0. The van der Waals surface area contributed by atoms with Gasteiger partial charge >= 0.3 is 0 Å². The van der Waals surface area contributed by atoms with E-state index in [9.17, 15) is 9.59 Å². The molecule has 5 nitrogen and oxygen atoms in total. The molecule has 0 spiro atoms. The quantitative estimate of drug-likeness (QED) is 0.713. The molecule has 2 amide bonds. The first kappa shape index (κ1) is 19.2. The molecule has 5 heteroatoms. The molecule has 0 aliphatic heterocycles. The van der Waals surface area contributed by atoms with Crippen molar-refractivity contribution in [1.29, 1.82) is 0 Å². The van der Waals surface area contributed by atoms with Crippen LogP contribution >= 0.6 is 0 Å². The van der Waals surface area contributed by atoms with Crippen molar-refractivity contribution in [2.45, 2.75) is 38.6 Å². The number of rotatable bonds is 8. The number of amides is 2. The molecule has 0 aromatic heterocycles. The maximum atomic E-state index is 12.0. The molecule has 0 atom stereocenters. The zero-order chi connectivity index (χ0) is 18.1. The van der Waals surface area contributed by atoms with E-state index in [1.807, 2.05) is 24.1 Å². The molecule has 2 N–H and O–H groups in total. The first-order chi connectivity index (χ1) is 12.1. The lowest BCUT2D eigenvalue weighted by Crippen LogP contribution is -2.35. The largest absolute Gasteiger partial charge is 0.355 e. The van der Waals surface area contributed by atoms with Crippen LogP contribution in [-0.4, -0.2) is 43.9 Å². The van der Waals surface area contributed by atoms with Crippen molar-refractivity contribution in [2.24, 2.45) is 0 Å². The molecule has 25 heavy (non-hydrogen) atoms. The average molecular weight is 343 g/mol. The van der Waals surface area contributed by atoms with Crippen LogP contribution < -0.4 is 10.6 Å². The minimum absolute atomic E-state index is 0.0564. The van der Waals surface area contributed by atoms with E-state index in [-0.39, 0.29) is 11.8 Å². The fourth-order valence-electron chi connectivity index (χ4n) is 3.07. The Balaban J connectivity index is 1.70. The van der Waals surface area contributed by atoms with E-state index in [4.69, 9.17) is 0 Å². The Morgan fingerprint density at radius 2 is 1.92 bits per heavy atom. The van der Waals surface area contributed by atoms with E-state index in [1.165, 1.54) is 31.3 Å². The van der Waals surface area contributed by atoms with Gasteiger partial charge in [0.15, 0.2) is 0 Å². The van der Waals surface area contributed by atoms with Crippen LogP contribution in [0.1, 0.15) is 48.0 Å². The van der Waals surface area contributed by atoms with Crippen molar-refractivity contribution in [2.75, 3.05) is 27.2 Å². The van der Waals surface area contributed by atoms with Gasteiger partial charge in [-0.25, -0.2) is 0 Å². The Kier molecular flexibility index (Phi) is 7.67. The zero-order valence-electron chi connectivity index (χ0n) is 15.3. The van der Waals surface area contributed by atoms with Gasteiger partial charge in [-0.1, -0.05) is 23.8 Å². The number of likely N-dealkylation sites (N-methyl/N-ethyl adjacent to an activating group) is 1. The minimum atomic E-state index is -0.0904. The number of carbonyl (C=O) groups is 2. The van der Waals surface area contributed by atoms with Gasteiger partial charge in [0.2, 0.25) is 5.91 Å². The molecule has 0 saturated carbocycles. The lowest BCUT2D eigenvalue weighted by Gasteiger charge is -2.17. The Bertz CT molecular complexity index is 608. The van der Waals surface area contributed by atoms with Gasteiger partial charge < -0.3 is 10.6 Å². The molecule has 1 aliphatic carbocycles. The molecule has 1 aromatic rings. The Morgan fingerprint density at radius 1 is 1.16 bits per heavy atom. The van der Waals surface area contributed by atoms with Gasteiger partial charge in [0.25, 0.3) is 5.91 Å². The third-order valence-corrected chi connectivity index (χ3v) is 4.46. The van der Waals surface area contributed by atoms with Gasteiger partial charge in [-0.2, -0.15) is 0 Å². The number of benzene rings is 1. The summed E-state index contributed by atoms with van der Waals surface area (Å²) in [5.74, 6) is -0.0340. The van der Waals surface area contributed by atoms with Crippen molar-refractivity contribution in [3.05, 3.63) is 47.0 Å². The molecule has 1 aliphatic rings. The second-order valence-electron chi connectivity index (χ2n) is 6.66. The lowest BCUT2D eigenvalue weighted by atomic mass is 9.97. The van der Waals surface area contributed by atoms with Gasteiger partial charge in [0, 0.05) is 25.7 Å². The van der Waals surface area contributed by atoms with Crippen LogP contribution in [0.25, 0.3) is 0 Å². The molecular formula is C20H29N3O2. The highest BCUT2D eigenvalue weighted by Crippen LogP contribution is 2.19. The Labute approximate surface area is 150 Å². The van der Waals surface area contributed by atoms with E-state index in [0.717, 1.165) is 18.5 Å². The number of nitrogens with one attached hydrogen (secondary N) is 2. The van der Waals surface area contributed by atoms with Gasteiger partial charge in [0.1, 0.15) is 0 Å². The predicted molar refractivity (Wildman–Crippen MR) is 100 cm³/mol. The summed E-state index contributed by atoms with van der Waals surface area (Å²) in [6.07, 6.45) is 8.24. The van der Waals surface area contributed by atoms with E-state index < -0.39 is 0 Å². The van der Waals surface area contributed by atoms with Crippen molar-refractivity contribution in [3.63, 3.8) is 0 Å². The zero-order valence-corrected chi connectivity index (χ0v) is 15.3. The normalized spacial score (nSPS) is 14.1. The molecular weight excluding hydrogens is 314 g/mol. The molecule has 136 valence electrons. The number of nitrogens with zero attached hydrogens (tertiary/aromatic N) is 1. The van der Waals surface area contributed by atoms with E-state index in [1.54, 1.807) is 19.2 Å². The summed E-state index contributed by atoms with van der Waals surface area (Å²) in [6.45, 7) is 1.77. The fraction of sp³-hybridized carbons (Fsp3) is 0.500. The van der Waals surface area contributed by atoms with E-state index in [2.05, 4.69) is 16.7 Å². The predicted octanol–water partition coefficient (Wildman–Crippen LogP) is 2.48. The molecule has 0 heterocycles. The Morgan fingerprint density at radius 3 is 2.56 bits per heavy atom. The highest BCUT2D eigenvalue weighted by Gasteiger charge is 2.09. The number of carbonyl (C=O) groups excluding carboxylic acids is 2. The number of hydrogen-bond acceptors (Lipinski definition) is 3. The topological polar surface area (TPSA) is 61.4 Å². The number of allylic oxidation sites excluding steroid dienone is 1. The second-order valence-corrected chi connectivity index (χ2v) is 6.66. The highest BCUT2D eigenvalue weighted by molar-refractivity contribution is 5.93. The third-order valence-electron chi connectivity index (χ3n) is 4.46. The first-order valence-electron chi connectivity index (χ1n) is 9.02. The lowest BCUT2D eigenvalue weighted by molar-refractivity contribution is -0.122. The SMILES string of the molecule is CNC(=O)c1ccc(CN(C)CC(=O)NCCC2=CCCCC2)cc1. The molecule has 0 unspecified atom stereocenters. The highest BCUT2D eigenvalue weighted by atomic mass is 16.2. The molecule has 2 rings (SSSR count). The maximum absolute atomic E-state index is 12.0. The van der Waals surface area contributed by atoms with Crippen LogP contribution in [0.4, 0.5) is 0 Å². The summed E-state index contributed by atoms with van der Waals surface area (Å²) in [4.78, 5) is 25.5. The molecule has 1 aromatic carbocycles. The molecule has 0 bridgehead atoms. The van der Waals surface area contributed by atoms with Crippen molar-refractivity contribution in [3.8, 4) is 0 Å². The molecule has 0 saturated heterocycles. The summed E-state index contributed by atoms with van der Waals surface area (Å²) >= 11 is 0. The van der Waals surface area contributed by atoms with Crippen LogP contribution in [0.3, 0.4) is 0 Å². The van der Waals surface area contributed by atoms with Gasteiger partial charge in [-0.15, -0.1) is 0 Å². The first-order valence-corrected chi connectivity index (χ1v) is 9.02. The van der Waals surface area contributed by atoms with Crippen molar-refractivity contribution < 1.29 is 9.59 Å². The van der Waals surface area contributed by atoms with Crippen LogP contribution in [0.5, 0.6) is 0 Å². The summed E-state index contributed by atoms with van der Waals surface area (Å²) in [5, 5.41) is 5.61. The van der Waals surface area contributed by atoms with Gasteiger partial charge in [0.05, 0.1) is 6.54 Å². The fourth-order valence-corrected chi connectivity index (χ4v) is 3.07. The minimum Gasteiger partial charge on any atom is -0.355 e. The smallest absolute Gasteiger partial charge is 0.251 e. The Hall–Kier alpha value is -2.14. The second kappa shape index (κ2) is 9.99. The van der Waals surface area contributed by atoms with Crippen molar-refractivity contribution >= 4 is 11.8 Å². The molecule has 0 radical (unpaired) electrons. The summed E-state index contributed by atoms with van der Waals surface area (Å²) in [6, 6.07) is 7.46. The monoisotopic (exact) mass is 343 g/mol. The maximum Gasteiger partial charge on any atom is 0.251 e. The average Bonchev–Trinajstić information content (AvgIpc) is 2.62. The number of hydrogen-bond donors (Lipinski definition) is 2. The van der Waals surface area contributed by atoms with E-state index in [0.29, 0.717) is 18.7 Å². The van der Waals surface area contributed by atoms with Crippen LogP contribution in [0.2, 0.25) is 0 Å². The molecule has 0 fully saturated rings. The van der Waals surface area contributed by atoms with E-state index >= 15 is 0 Å². The van der Waals surface area contributed by atoms with Crippen LogP contribution in [0.15, 0.2) is 35.9 Å². The summed E-state index contributed by atoms with van der Waals surface area (Å²) in [5.41, 5.74) is 3.20. The van der Waals surface area contributed by atoms with Gasteiger partial charge in [-0.3, -0.25) is 14.5 Å². The van der Waals surface area contributed by atoms with Gasteiger partial charge in [-0.05, 0) is 56.8 Å². The van der Waals surface area contributed by atoms with Crippen LogP contribution in [-0.2, 0) is 11.3 Å². The van der Waals surface area contributed by atoms with Crippen molar-refractivity contribution in [1.82, 2.24) is 15.5 Å². The summed E-state index contributed by atoms with van der Waals surface area (Å²) in [7, 11) is 3.54. The third kappa shape index (κ3) is 6.70. The van der Waals surface area contributed by atoms with Crippen LogP contribution in [0, 0.1) is 0 Å². The standard InChI is InChI=1S/C20H29N3O2/c1-21-20(25)18-10-8-17(9-11-18)14-23(2)15-19(24)22-13-12-16-6-4-3-5-7-16/h6,8-11H,3-5,7,12-15H2,1-2H3,(H,21,25)(H,22,24).